The van der Waals surface area contributed by atoms with E-state index in [-0.39, 0.29) is 26.0 Å². The molecular weight excluding hydrogens is 376 g/mol. The predicted molar refractivity (Wildman–Crippen MR) is 97.6 cm³/mol. The smallest absolute Gasteiger partial charge is 0.231 e. The van der Waals surface area contributed by atoms with Gasteiger partial charge in [-0.2, -0.15) is 5.06 Å². The number of ether oxygens (including phenoxy) is 2. The van der Waals surface area contributed by atoms with Crippen LogP contribution in [0, 0.1) is 6.92 Å². The first-order chi connectivity index (χ1) is 12.5. The quantitative estimate of drug-likeness (QED) is 0.835. The predicted octanol–water partition coefficient (Wildman–Crippen LogP) is 2.19. The van der Waals surface area contributed by atoms with Crippen LogP contribution in [0.4, 0.5) is 0 Å². The van der Waals surface area contributed by atoms with E-state index >= 15 is 0 Å². The van der Waals surface area contributed by atoms with E-state index in [4.69, 9.17) is 14.3 Å². The normalized spacial score (nSPS) is 22.8. The molecule has 0 saturated carbocycles. The average molecular weight is 396 g/mol. The number of hydrogen-bond acceptors (Lipinski definition) is 7. The Labute approximate surface area is 156 Å². The van der Waals surface area contributed by atoms with Crippen molar-refractivity contribution in [2.45, 2.75) is 24.8 Å². The fraction of sp³-hybridized carbons (Fsp3) is 0.412. The minimum absolute atomic E-state index is 0.134. The number of hydroxylamine groups is 2. The van der Waals surface area contributed by atoms with Gasteiger partial charge in [0.1, 0.15) is 5.25 Å². The summed E-state index contributed by atoms with van der Waals surface area (Å²) in [6, 6.07) is 7.09. The monoisotopic (exact) mass is 396 g/mol. The topological polar surface area (TPSA) is 77.1 Å². The van der Waals surface area contributed by atoms with Crippen molar-refractivity contribution in [1.82, 2.24) is 9.79 Å². The number of nitrogens with zero attached hydrogens (tertiary/aromatic N) is 1. The Hall–Kier alpha value is -1.65. The average Bonchev–Trinajstić information content (AvgIpc) is 3.32. The summed E-state index contributed by atoms with van der Waals surface area (Å²) in [5, 5.41) is 2.95. The molecule has 0 radical (unpaired) electrons. The van der Waals surface area contributed by atoms with Crippen LogP contribution < -0.4 is 14.2 Å². The largest absolute Gasteiger partial charge is 0.454 e. The van der Waals surface area contributed by atoms with Crippen LogP contribution in [0.3, 0.4) is 0 Å². The molecule has 140 valence electrons. The van der Waals surface area contributed by atoms with Gasteiger partial charge in [0.25, 0.3) is 0 Å². The number of hydrogen-bond donors (Lipinski definition) is 1. The fourth-order valence-electron chi connectivity index (χ4n) is 3.22. The fourth-order valence-corrected chi connectivity index (χ4v) is 5.90. The molecule has 2 atom stereocenters. The number of thiophene rings is 1. The van der Waals surface area contributed by atoms with Gasteiger partial charge in [-0.1, -0.05) is 6.07 Å². The summed E-state index contributed by atoms with van der Waals surface area (Å²) in [4.78, 5) is 6.56. The van der Waals surface area contributed by atoms with Gasteiger partial charge in [-0.25, -0.2) is 13.1 Å². The maximum Gasteiger partial charge on any atom is 0.231 e. The van der Waals surface area contributed by atoms with Crippen LogP contribution in [0.2, 0.25) is 0 Å². The molecule has 0 aliphatic carbocycles. The lowest BCUT2D eigenvalue weighted by atomic mass is 10.1. The van der Waals surface area contributed by atoms with Crippen LogP contribution in [0.15, 0.2) is 29.6 Å². The second-order valence-corrected chi connectivity index (χ2v) is 9.28. The van der Waals surface area contributed by atoms with Crippen LogP contribution in [0.1, 0.15) is 22.0 Å². The molecule has 7 nitrogen and oxygen atoms in total. The molecule has 26 heavy (non-hydrogen) atoms. The molecule has 0 spiro atoms. The van der Waals surface area contributed by atoms with Gasteiger partial charge in [-0.05, 0) is 41.6 Å². The number of fused-ring (bicyclic) bond motifs is 1. The minimum atomic E-state index is -3.58. The Balaban J connectivity index is 1.51. The van der Waals surface area contributed by atoms with E-state index in [9.17, 15) is 8.42 Å². The zero-order valence-electron chi connectivity index (χ0n) is 14.5. The molecule has 4 rings (SSSR count). The van der Waals surface area contributed by atoms with Crippen LogP contribution in [0.25, 0.3) is 0 Å². The first-order valence-corrected chi connectivity index (χ1v) is 10.6. The number of rotatable bonds is 5. The number of benzene rings is 1. The van der Waals surface area contributed by atoms with Crippen molar-refractivity contribution in [2.24, 2.45) is 0 Å². The second-order valence-electron chi connectivity index (χ2n) is 6.35. The summed E-state index contributed by atoms with van der Waals surface area (Å²) in [5.74, 6) is 1.31. The molecule has 1 N–H and O–H groups in total. The summed E-state index contributed by atoms with van der Waals surface area (Å²) < 4.78 is 39.2. The Kier molecular flexibility index (Phi) is 4.66. The lowest BCUT2D eigenvalue weighted by Gasteiger charge is -2.22. The van der Waals surface area contributed by atoms with Crippen molar-refractivity contribution in [2.75, 3.05) is 20.4 Å². The van der Waals surface area contributed by atoms with Gasteiger partial charge >= 0.3 is 0 Å². The van der Waals surface area contributed by atoms with Gasteiger partial charge in [-0.3, -0.25) is 4.84 Å². The van der Waals surface area contributed by atoms with E-state index in [0.29, 0.717) is 11.5 Å². The van der Waals surface area contributed by atoms with E-state index in [1.54, 1.807) is 35.6 Å². The molecule has 0 bridgehead atoms. The third-order valence-electron chi connectivity index (χ3n) is 4.67. The van der Waals surface area contributed by atoms with E-state index in [1.807, 2.05) is 24.4 Å². The van der Waals surface area contributed by atoms with Crippen LogP contribution in [-0.4, -0.2) is 39.2 Å². The van der Waals surface area contributed by atoms with Gasteiger partial charge in [0.05, 0.1) is 12.6 Å². The third-order valence-corrected chi connectivity index (χ3v) is 7.50. The maximum atomic E-state index is 12.9. The van der Waals surface area contributed by atoms with Gasteiger partial charge in [0.2, 0.25) is 16.8 Å². The van der Waals surface area contributed by atoms with E-state index in [2.05, 4.69) is 4.72 Å². The molecule has 1 aromatic carbocycles. The zero-order chi connectivity index (χ0) is 18.3. The summed E-state index contributed by atoms with van der Waals surface area (Å²) in [6.45, 7) is 2.50. The van der Waals surface area contributed by atoms with Gasteiger partial charge in [0.15, 0.2) is 11.5 Å². The molecular formula is C17H20N2O5S2. The van der Waals surface area contributed by atoms with E-state index in [0.717, 1.165) is 16.0 Å². The molecule has 0 amide bonds. The Morgan fingerprint density at radius 3 is 2.85 bits per heavy atom. The standard InChI is InChI=1S/C17H20N2O5S2/c1-11-5-6-25-17(11)16-15(9-24-19(16)2)26(20,21)18-8-12-3-4-13-14(7-12)23-10-22-13/h3-7,15-16,18H,8-10H2,1-2H3. The lowest BCUT2D eigenvalue weighted by molar-refractivity contribution is -0.110. The zero-order valence-corrected chi connectivity index (χ0v) is 16.1. The third kappa shape index (κ3) is 3.21. The summed E-state index contributed by atoms with van der Waals surface area (Å²) in [7, 11) is -1.80. The molecule has 2 aromatic rings. The highest BCUT2D eigenvalue weighted by molar-refractivity contribution is 7.90. The van der Waals surface area contributed by atoms with Gasteiger partial charge < -0.3 is 9.47 Å². The van der Waals surface area contributed by atoms with Crippen molar-refractivity contribution >= 4 is 21.4 Å². The number of sulfonamides is 1. The Morgan fingerprint density at radius 1 is 1.27 bits per heavy atom. The molecule has 9 heteroatoms. The minimum Gasteiger partial charge on any atom is -0.454 e. The summed E-state index contributed by atoms with van der Waals surface area (Å²) >= 11 is 1.55. The maximum absolute atomic E-state index is 12.9. The highest BCUT2D eigenvalue weighted by Gasteiger charge is 2.44. The van der Waals surface area contributed by atoms with Crippen molar-refractivity contribution in [1.29, 1.82) is 0 Å². The number of nitrogens with one attached hydrogen (secondary N) is 1. The van der Waals surface area contributed by atoms with Gasteiger partial charge in [0, 0.05) is 18.5 Å². The number of aryl methyl sites for hydroxylation is 1. The molecule has 1 aromatic heterocycles. The SMILES string of the molecule is Cc1ccsc1C1C(S(=O)(=O)NCc2ccc3c(c2)OCO3)CON1C. The molecule has 2 aliphatic rings. The van der Waals surface area contributed by atoms with Gasteiger partial charge in [-0.15, -0.1) is 11.3 Å². The van der Waals surface area contributed by atoms with Crippen molar-refractivity contribution in [3.63, 3.8) is 0 Å². The van der Waals surface area contributed by atoms with Crippen LogP contribution in [-0.2, 0) is 21.4 Å². The van der Waals surface area contributed by atoms with E-state index < -0.39 is 15.3 Å². The molecule has 1 fully saturated rings. The van der Waals surface area contributed by atoms with E-state index in [1.165, 1.54) is 0 Å². The summed E-state index contributed by atoms with van der Waals surface area (Å²) in [6.07, 6.45) is 0. The molecule has 2 aliphatic heterocycles. The highest BCUT2D eigenvalue weighted by atomic mass is 32.2. The van der Waals surface area contributed by atoms with Crippen molar-refractivity contribution in [3.8, 4) is 11.5 Å². The first kappa shape index (κ1) is 17.7. The summed E-state index contributed by atoms with van der Waals surface area (Å²) in [5.41, 5.74) is 1.89. The molecule has 1 saturated heterocycles. The second kappa shape index (κ2) is 6.82. The van der Waals surface area contributed by atoms with Crippen molar-refractivity contribution < 1.29 is 22.7 Å². The first-order valence-electron chi connectivity index (χ1n) is 8.22. The van der Waals surface area contributed by atoms with Crippen molar-refractivity contribution in [3.05, 3.63) is 45.6 Å². The van der Waals surface area contributed by atoms with Crippen LogP contribution >= 0.6 is 11.3 Å². The highest BCUT2D eigenvalue weighted by Crippen LogP contribution is 2.38. The Bertz CT molecular complexity index is 912. The lowest BCUT2D eigenvalue weighted by Crippen LogP contribution is -2.39. The van der Waals surface area contributed by atoms with Crippen LogP contribution in [0.5, 0.6) is 11.5 Å². The molecule has 3 heterocycles. The molecule has 2 unspecified atom stereocenters. The Morgan fingerprint density at radius 2 is 2.08 bits per heavy atom.